The first kappa shape index (κ1) is 33.5. The lowest BCUT2D eigenvalue weighted by Crippen LogP contribution is -2.43. The predicted octanol–water partition coefficient (Wildman–Crippen LogP) is 4.12. The van der Waals surface area contributed by atoms with Crippen LogP contribution in [0.3, 0.4) is 0 Å². The molecule has 6 atom stereocenters. The van der Waals surface area contributed by atoms with Crippen LogP contribution in [0.4, 0.5) is 8.78 Å². The molecule has 3 N–H and O–H groups in total. The molecule has 2 heterocycles. The summed E-state index contributed by atoms with van der Waals surface area (Å²) in [7, 11) is -4.50. The smallest absolute Gasteiger partial charge is 0.459 e. The number of benzene rings is 2. The largest absolute Gasteiger partial charge is 0.462 e. The second kappa shape index (κ2) is 13.3. The molecule has 1 fully saturated rings. The number of ether oxygens (including phenoxy) is 2. The Morgan fingerprint density at radius 3 is 2.50 bits per heavy atom. The van der Waals surface area contributed by atoms with E-state index < -0.39 is 73.6 Å². The van der Waals surface area contributed by atoms with Crippen LogP contribution in [0.1, 0.15) is 33.9 Å². The number of nitrogens with one attached hydrogen (secondary N) is 2. The van der Waals surface area contributed by atoms with Crippen LogP contribution >= 0.6 is 19.3 Å². The van der Waals surface area contributed by atoms with Crippen molar-refractivity contribution < 1.29 is 41.8 Å². The lowest BCUT2D eigenvalue weighted by molar-refractivity contribution is -0.149. The molecule has 6 unspecified atom stereocenters. The minimum atomic E-state index is -4.50. The average molecular weight is 658 g/mol. The third kappa shape index (κ3) is 7.63. The maximum Gasteiger partial charge on any atom is 0.459 e. The molecule has 3 aromatic rings. The van der Waals surface area contributed by atoms with Crippen molar-refractivity contribution in [1.82, 2.24) is 14.6 Å². The highest BCUT2D eigenvalue weighted by atomic mass is 35.5. The van der Waals surface area contributed by atoms with Crippen molar-refractivity contribution in [3.8, 4) is 16.9 Å². The van der Waals surface area contributed by atoms with Gasteiger partial charge in [-0.15, -0.1) is 0 Å². The number of H-pyrrole nitrogens is 1. The molecule has 238 valence electrons. The topological polar surface area (TPSA) is 158 Å². The van der Waals surface area contributed by atoms with E-state index in [9.17, 15) is 28.4 Å². The van der Waals surface area contributed by atoms with Gasteiger partial charge in [-0.05, 0) is 63.6 Å². The number of carbonyl (C=O) groups excluding carboxylic acids is 1. The molecule has 4 rings (SSSR count). The van der Waals surface area contributed by atoms with E-state index in [2.05, 4.69) is 5.09 Å². The van der Waals surface area contributed by atoms with E-state index in [1.165, 1.54) is 43.3 Å². The van der Waals surface area contributed by atoms with Gasteiger partial charge in [0.25, 0.3) is 5.56 Å². The molecule has 1 aliphatic rings. The number of aromatic amines is 1. The first-order valence-corrected chi connectivity index (χ1v) is 15.3. The van der Waals surface area contributed by atoms with Gasteiger partial charge in [-0.25, -0.2) is 18.1 Å². The van der Waals surface area contributed by atoms with E-state index in [1.54, 1.807) is 13.8 Å². The SMILES string of the molecule is CC(C)OC(=O)C(C)NP(=O)(OCC1OC(n2ccc(=O)[nH]c2=O)C(C)(F)C1O)Oc1ccc(-c2ccc(Cl)cc2F)cc1. The van der Waals surface area contributed by atoms with E-state index >= 15 is 4.39 Å². The van der Waals surface area contributed by atoms with Crippen LogP contribution in [0.15, 0.2) is 64.3 Å². The fourth-order valence-electron chi connectivity index (χ4n) is 4.41. The molecule has 0 saturated carbocycles. The predicted molar refractivity (Wildman–Crippen MR) is 156 cm³/mol. The number of aromatic nitrogens is 2. The van der Waals surface area contributed by atoms with Crippen LogP contribution in [0, 0.1) is 5.82 Å². The molecule has 0 amide bonds. The summed E-state index contributed by atoms with van der Waals surface area (Å²) >= 11 is 5.83. The number of halogens is 3. The summed E-state index contributed by atoms with van der Waals surface area (Å²) in [5, 5.41) is 13.4. The second-order valence-corrected chi connectivity index (χ2v) is 12.6. The van der Waals surface area contributed by atoms with Gasteiger partial charge in [-0.3, -0.25) is 23.7 Å². The maximum absolute atomic E-state index is 15.6. The van der Waals surface area contributed by atoms with Gasteiger partial charge in [-0.1, -0.05) is 23.7 Å². The molecule has 0 bridgehead atoms. The molecule has 1 saturated heterocycles. The van der Waals surface area contributed by atoms with Crippen LogP contribution in [-0.2, 0) is 23.4 Å². The Balaban J connectivity index is 1.56. The number of aliphatic hydroxyl groups excluding tert-OH is 1. The fourth-order valence-corrected chi connectivity index (χ4v) is 6.07. The Morgan fingerprint density at radius 2 is 1.89 bits per heavy atom. The van der Waals surface area contributed by atoms with Crippen molar-refractivity contribution in [3.05, 3.63) is 86.4 Å². The summed E-state index contributed by atoms with van der Waals surface area (Å²) in [5.41, 5.74) is -3.53. The molecule has 44 heavy (non-hydrogen) atoms. The highest BCUT2D eigenvalue weighted by molar-refractivity contribution is 7.52. The average Bonchev–Trinajstić information content (AvgIpc) is 3.15. The number of alkyl halides is 1. The Hall–Kier alpha value is -3.39. The van der Waals surface area contributed by atoms with Gasteiger partial charge in [0.1, 0.15) is 29.8 Å². The van der Waals surface area contributed by atoms with Crippen LogP contribution in [0.2, 0.25) is 5.02 Å². The zero-order valence-corrected chi connectivity index (χ0v) is 25.7. The Morgan fingerprint density at radius 1 is 1.20 bits per heavy atom. The van der Waals surface area contributed by atoms with Crippen molar-refractivity contribution in [2.45, 2.75) is 63.9 Å². The molecule has 0 spiro atoms. The standard InChI is InChI=1S/C28H31ClF2N3O9P/c1-15(2)41-25(37)16(3)33-44(39,43-19-8-5-17(6-9-19)20-10-7-18(29)13-21(20)30)40-14-22-24(36)28(4,31)26(42-22)34-12-11-23(35)32-27(34)38/h5-13,15-16,22,24,26,36H,14H2,1-4H3,(H,33,39)(H,32,35,38). The number of hydrogen-bond donors (Lipinski definition) is 3. The Bertz CT molecular complexity index is 1660. The van der Waals surface area contributed by atoms with Crippen LogP contribution in [-0.4, -0.2) is 57.3 Å². The molecule has 16 heteroatoms. The molecule has 1 aromatic heterocycles. The van der Waals surface area contributed by atoms with E-state index in [0.717, 1.165) is 29.8 Å². The Kier molecular flexibility index (Phi) is 10.1. The minimum Gasteiger partial charge on any atom is -0.462 e. The number of esters is 1. The molecular weight excluding hydrogens is 627 g/mol. The summed E-state index contributed by atoms with van der Waals surface area (Å²) in [6, 6.07) is 9.70. The molecule has 12 nitrogen and oxygen atoms in total. The third-order valence-electron chi connectivity index (χ3n) is 6.61. The van der Waals surface area contributed by atoms with Crippen molar-refractivity contribution >= 4 is 25.3 Å². The summed E-state index contributed by atoms with van der Waals surface area (Å²) < 4.78 is 66.6. The highest BCUT2D eigenvalue weighted by Gasteiger charge is 2.56. The van der Waals surface area contributed by atoms with Gasteiger partial charge in [0.15, 0.2) is 11.9 Å². The van der Waals surface area contributed by atoms with Gasteiger partial charge >= 0.3 is 19.4 Å². The number of nitrogens with zero attached hydrogens (tertiary/aromatic N) is 1. The quantitative estimate of drug-likeness (QED) is 0.202. The maximum atomic E-state index is 15.6. The first-order valence-electron chi connectivity index (χ1n) is 13.4. The summed E-state index contributed by atoms with van der Waals surface area (Å²) in [6.07, 6.45) is -4.50. The zero-order valence-electron chi connectivity index (χ0n) is 24.0. The van der Waals surface area contributed by atoms with Gasteiger partial charge in [0, 0.05) is 22.8 Å². The van der Waals surface area contributed by atoms with Gasteiger partial charge in [-0.2, -0.15) is 5.09 Å². The lowest BCUT2D eigenvalue weighted by atomic mass is 9.98. The van der Waals surface area contributed by atoms with Crippen molar-refractivity contribution in [2.24, 2.45) is 0 Å². The van der Waals surface area contributed by atoms with Crippen LogP contribution in [0.5, 0.6) is 5.75 Å². The summed E-state index contributed by atoms with van der Waals surface area (Å²) in [5.74, 6) is -1.34. The summed E-state index contributed by atoms with van der Waals surface area (Å²) in [6.45, 7) is 4.87. The normalized spacial score (nSPS) is 23.7. The second-order valence-electron chi connectivity index (χ2n) is 10.5. The summed E-state index contributed by atoms with van der Waals surface area (Å²) in [4.78, 5) is 38.1. The molecule has 1 aliphatic heterocycles. The van der Waals surface area contributed by atoms with Gasteiger partial charge < -0.3 is 19.1 Å². The molecule has 2 aromatic carbocycles. The zero-order chi connectivity index (χ0) is 32.4. The monoisotopic (exact) mass is 657 g/mol. The number of aliphatic hydroxyl groups is 1. The van der Waals surface area contributed by atoms with Crippen LogP contribution in [0.25, 0.3) is 11.1 Å². The number of carbonyl (C=O) groups is 1. The molecule has 0 radical (unpaired) electrons. The van der Waals surface area contributed by atoms with Crippen molar-refractivity contribution in [2.75, 3.05) is 6.61 Å². The third-order valence-corrected chi connectivity index (χ3v) is 8.49. The highest BCUT2D eigenvalue weighted by Crippen LogP contribution is 2.48. The van der Waals surface area contributed by atoms with E-state index in [-0.39, 0.29) is 16.3 Å². The fraction of sp³-hybridized carbons (Fsp3) is 0.393. The lowest BCUT2D eigenvalue weighted by Gasteiger charge is -2.25. The minimum absolute atomic E-state index is 0.00994. The number of hydrogen-bond acceptors (Lipinski definition) is 9. The molecule has 0 aliphatic carbocycles. The van der Waals surface area contributed by atoms with E-state index in [1.807, 2.05) is 4.98 Å². The number of rotatable bonds is 11. The van der Waals surface area contributed by atoms with Gasteiger partial charge in [0.2, 0.25) is 0 Å². The van der Waals surface area contributed by atoms with Crippen molar-refractivity contribution in [1.29, 1.82) is 0 Å². The first-order chi connectivity index (χ1) is 20.6. The van der Waals surface area contributed by atoms with E-state index in [0.29, 0.717) is 5.56 Å². The van der Waals surface area contributed by atoms with Crippen molar-refractivity contribution in [3.63, 3.8) is 0 Å². The van der Waals surface area contributed by atoms with Gasteiger partial charge in [0.05, 0.1) is 12.7 Å². The Labute approximate surface area is 255 Å². The van der Waals surface area contributed by atoms with Crippen LogP contribution < -0.4 is 20.9 Å². The van der Waals surface area contributed by atoms with E-state index in [4.69, 9.17) is 30.1 Å². The molecular formula is C28H31ClF2N3O9P.